The smallest absolute Gasteiger partial charge is 0.222 e. The second-order valence-corrected chi connectivity index (χ2v) is 7.79. The van der Waals surface area contributed by atoms with Gasteiger partial charge in [-0.15, -0.1) is 0 Å². The maximum atomic E-state index is 9.47. The zero-order chi connectivity index (χ0) is 21.2. The fraction of sp³-hybridized carbons (Fsp3) is 0.280. The van der Waals surface area contributed by atoms with E-state index in [1.54, 1.807) is 13.3 Å². The maximum Gasteiger partial charge on any atom is 0.222 e. The van der Waals surface area contributed by atoms with E-state index in [1.807, 2.05) is 24.3 Å². The van der Waals surface area contributed by atoms with Crippen LogP contribution in [0.25, 0.3) is 11.1 Å². The van der Waals surface area contributed by atoms with Crippen LogP contribution in [0, 0.1) is 0 Å². The highest BCUT2D eigenvalue weighted by atomic mass is 16.5. The first-order valence-corrected chi connectivity index (χ1v) is 10.5. The molecule has 0 saturated carbocycles. The number of anilines is 1. The molecule has 2 aromatic carbocycles. The maximum absolute atomic E-state index is 9.47. The van der Waals surface area contributed by atoms with Gasteiger partial charge in [0, 0.05) is 37.0 Å². The van der Waals surface area contributed by atoms with E-state index in [1.165, 1.54) is 11.3 Å². The van der Waals surface area contributed by atoms with Gasteiger partial charge in [0.25, 0.3) is 0 Å². The molecule has 2 aliphatic heterocycles. The van der Waals surface area contributed by atoms with Crippen LogP contribution in [0.1, 0.15) is 16.7 Å². The molecule has 1 saturated heterocycles. The molecule has 3 heterocycles. The van der Waals surface area contributed by atoms with Gasteiger partial charge in [-0.25, -0.2) is 4.98 Å². The van der Waals surface area contributed by atoms with Crippen LogP contribution in [0.5, 0.6) is 5.88 Å². The molecule has 158 valence electrons. The first-order valence-electron chi connectivity index (χ1n) is 10.5. The molecule has 3 aromatic rings. The second kappa shape index (κ2) is 8.49. The Morgan fingerprint density at radius 1 is 1.06 bits per heavy atom. The van der Waals surface area contributed by atoms with E-state index in [0.29, 0.717) is 5.88 Å². The molecule has 1 fully saturated rings. The van der Waals surface area contributed by atoms with E-state index in [-0.39, 0.29) is 6.61 Å². The van der Waals surface area contributed by atoms with Crippen LogP contribution in [0.3, 0.4) is 0 Å². The fourth-order valence-electron chi connectivity index (χ4n) is 4.17. The Morgan fingerprint density at radius 3 is 2.74 bits per heavy atom. The van der Waals surface area contributed by atoms with Crippen molar-refractivity contribution in [2.45, 2.75) is 13.0 Å². The average molecular weight is 415 g/mol. The minimum atomic E-state index is 0.0117. The third kappa shape index (κ3) is 3.92. The molecule has 1 N–H and O–H groups in total. The van der Waals surface area contributed by atoms with E-state index in [4.69, 9.17) is 14.5 Å². The number of morpholine rings is 1. The lowest BCUT2D eigenvalue weighted by molar-refractivity contribution is 0.122. The van der Waals surface area contributed by atoms with Crippen molar-refractivity contribution in [2.24, 2.45) is 4.99 Å². The molecule has 1 aromatic heterocycles. The number of ether oxygens (including phenoxy) is 2. The number of hydrogen-bond donors (Lipinski definition) is 1. The quantitative estimate of drug-likeness (QED) is 0.687. The Labute approximate surface area is 181 Å². The summed E-state index contributed by atoms with van der Waals surface area (Å²) < 4.78 is 11.0. The van der Waals surface area contributed by atoms with Crippen molar-refractivity contribution in [3.8, 4) is 17.0 Å². The van der Waals surface area contributed by atoms with Crippen molar-refractivity contribution in [2.75, 3.05) is 38.3 Å². The normalized spacial score (nSPS) is 15.5. The number of fused-ring (bicyclic) bond motifs is 1. The van der Waals surface area contributed by atoms with Crippen LogP contribution in [0.2, 0.25) is 0 Å². The summed E-state index contributed by atoms with van der Waals surface area (Å²) in [4.78, 5) is 11.8. The van der Waals surface area contributed by atoms with Gasteiger partial charge >= 0.3 is 0 Å². The molecule has 2 aliphatic rings. The summed E-state index contributed by atoms with van der Waals surface area (Å²) in [6.07, 6.45) is 2.55. The predicted molar refractivity (Wildman–Crippen MR) is 122 cm³/mol. The largest absolute Gasteiger partial charge is 0.481 e. The predicted octanol–water partition coefficient (Wildman–Crippen LogP) is 3.76. The summed E-state index contributed by atoms with van der Waals surface area (Å²) in [7, 11) is 1.64. The molecule has 0 spiro atoms. The van der Waals surface area contributed by atoms with Gasteiger partial charge < -0.3 is 19.5 Å². The molecule has 31 heavy (non-hydrogen) atoms. The Morgan fingerprint density at radius 2 is 1.94 bits per heavy atom. The fourth-order valence-corrected chi connectivity index (χ4v) is 4.17. The number of hydrogen-bond acceptors (Lipinski definition) is 6. The lowest BCUT2D eigenvalue weighted by atomic mass is 10.00. The molecule has 0 aliphatic carbocycles. The topological polar surface area (TPSA) is 67.2 Å². The van der Waals surface area contributed by atoms with Gasteiger partial charge in [-0.3, -0.25) is 4.99 Å². The van der Waals surface area contributed by atoms with E-state index in [0.717, 1.165) is 66.4 Å². The summed E-state index contributed by atoms with van der Waals surface area (Å²) in [6, 6.07) is 16.4. The van der Waals surface area contributed by atoms with Crippen molar-refractivity contribution in [1.29, 1.82) is 0 Å². The molecular weight excluding hydrogens is 390 g/mol. The number of aliphatic imine (C=N–C) groups is 1. The second-order valence-electron chi connectivity index (χ2n) is 7.79. The molecule has 0 radical (unpaired) electrons. The van der Waals surface area contributed by atoms with Crippen molar-refractivity contribution in [1.82, 2.24) is 4.98 Å². The molecule has 6 nitrogen and oxygen atoms in total. The SMILES string of the molecule is COc1ncc(-c2cccc(CO)c2)cc1C1=Nc2cc(N3CCOCC3)ccc2C1. The molecule has 0 unspecified atom stereocenters. The van der Waals surface area contributed by atoms with Crippen LogP contribution in [0.15, 0.2) is 59.7 Å². The Balaban J connectivity index is 1.49. The monoisotopic (exact) mass is 415 g/mol. The highest BCUT2D eigenvalue weighted by Crippen LogP contribution is 2.35. The number of aromatic nitrogens is 1. The number of rotatable bonds is 5. The summed E-state index contributed by atoms with van der Waals surface area (Å²) >= 11 is 0. The highest BCUT2D eigenvalue weighted by Gasteiger charge is 2.22. The van der Waals surface area contributed by atoms with Gasteiger partial charge in [0.1, 0.15) is 0 Å². The lowest BCUT2D eigenvalue weighted by Gasteiger charge is -2.29. The summed E-state index contributed by atoms with van der Waals surface area (Å²) in [6.45, 7) is 3.35. The molecular formula is C25H25N3O3. The van der Waals surface area contributed by atoms with Crippen LogP contribution >= 0.6 is 0 Å². The minimum Gasteiger partial charge on any atom is -0.481 e. The van der Waals surface area contributed by atoms with E-state index in [2.05, 4.69) is 34.1 Å². The first kappa shape index (κ1) is 19.7. The molecule has 6 heteroatoms. The van der Waals surface area contributed by atoms with Gasteiger partial charge in [0.15, 0.2) is 0 Å². The number of benzene rings is 2. The van der Waals surface area contributed by atoms with E-state index < -0.39 is 0 Å². The Hall–Kier alpha value is -3.22. The molecule has 5 rings (SSSR count). The Bertz CT molecular complexity index is 1140. The third-order valence-corrected chi connectivity index (χ3v) is 5.86. The standard InChI is InChI=1S/C25H25N3O3/c1-30-25-22(12-20(15-26-25)18-4-2-3-17(11-18)16-29)24-13-19-5-6-21(14-23(19)27-24)28-7-9-31-10-8-28/h2-6,11-12,14-15,29H,7-10,13,16H2,1H3. The van der Waals surface area contributed by atoms with Crippen LogP contribution in [-0.4, -0.2) is 49.2 Å². The van der Waals surface area contributed by atoms with Crippen LogP contribution in [-0.2, 0) is 17.8 Å². The zero-order valence-electron chi connectivity index (χ0n) is 17.5. The molecule has 0 amide bonds. The van der Waals surface area contributed by atoms with E-state index >= 15 is 0 Å². The van der Waals surface area contributed by atoms with Gasteiger partial charge in [0.05, 0.1) is 43.9 Å². The van der Waals surface area contributed by atoms with Crippen molar-refractivity contribution >= 4 is 17.1 Å². The highest BCUT2D eigenvalue weighted by molar-refractivity contribution is 6.08. The Kier molecular flexibility index (Phi) is 5.40. The molecule has 0 bridgehead atoms. The number of aliphatic hydroxyl groups is 1. The summed E-state index contributed by atoms with van der Waals surface area (Å²) in [5, 5.41) is 9.47. The van der Waals surface area contributed by atoms with Crippen molar-refractivity contribution < 1.29 is 14.6 Å². The van der Waals surface area contributed by atoms with Crippen LogP contribution < -0.4 is 9.64 Å². The summed E-state index contributed by atoms with van der Waals surface area (Å²) in [5.74, 6) is 0.571. The lowest BCUT2D eigenvalue weighted by Crippen LogP contribution is -2.36. The number of aliphatic hydroxyl groups excluding tert-OH is 1. The van der Waals surface area contributed by atoms with E-state index in [9.17, 15) is 5.11 Å². The van der Waals surface area contributed by atoms with Gasteiger partial charge in [0.2, 0.25) is 5.88 Å². The van der Waals surface area contributed by atoms with Gasteiger partial charge in [-0.1, -0.05) is 24.3 Å². The average Bonchev–Trinajstić information content (AvgIpc) is 3.27. The minimum absolute atomic E-state index is 0.0117. The molecule has 0 atom stereocenters. The number of nitrogens with zero attached hydrogens (tertiary/aromatic N) is 3. The van der Waals surface area contributed by atoms with Crippen LogP contribution in [0.4, 0.5) is 11.4 Å². The van der Waals surface area contributed by atoms with Gasteiger partial charge in [-0.2, -0.15) is 0 Å². The zero-order valence-corrected chi connectivity index (χ0v) is 17.5. The third-order valence-electron chi connectivity index (χ3n) is 5.86. The first-order chi connectivity index (χ1) is 15.2. The summed E-state index contributed by atoms with van der Waals surface area (Å²) in [5.41, 5.74) is 8.11. The van der Waals surface area contributed by atoms with Gasteiger partial charge in [-0.05, 0) is 41.0 Å². The number of methoxy groups -OCH3 is 1. The number of pyridine rings is 1. The van der Waals surface area contributed by atoms with Crippen molar-refractivity contribution in [3.63, 3.8) is 0 Å². The van der Waals surface area contributed by atoms with Crippen molar-refractivity contribution in [3.05, 3.63) is 71.4 Å².